The van der Waals surface area contributed by atoms with Crippen molar-refractivity contribution in [3.8, 4) is 0 Å². The van der Waals surface area contributed by atoms with Crippen LogP contribution in [-0.2, 0) is 0 Å². The third kappa shape index (κ3) is 1.50. The zero-order valence-corrected chi connectivity index (χ0v) is 9.07. The smallest absolute Gasteiger partial charge is 0.0958 e. The van der Waals surface area contributed by atoms with Gasteiger partial charge in [0.2, 0.25) is 0 Å². The van der Waals surface area contributed by atoms with Crippen molar-refractivity contribution in [2.45, 2.75) is 9.97 Å². The van der Waals surface area contributed by atoms with E-state index in [-0.39, 0.29) is 3.55 Å². The maximum absolute atomic E-state index is 2.54. The molecule has 2 aliphatic rings. The van der Waals surface area contributed by atoms with Gasteiger partial charge in [0, 0.05) is 13.1 Å². The van der Waals surface area contributed by atoms with Crippen LogP contribution in [0.5, 0.6) is 0 Å². The highest BCUT2D eigenvalue weighted by Gasteiger charge is 2.30. The number of alkyl halides is 1. The molecule has 0 aromatic heterocycles. The molecule has 1 unspecified atom stereocenters. The predicted octanol–water partition coefficient (Wildman–Crippen LogP) is 2.51. The molecule has 1 aliphatic heterocycles. The van der Waals surface area contributed by atoms with Crippen molar-refractivity contribution in [2.75, 3.05) is 13.1 Å². The summed E-state index contributed by atoms with van der Waals surface area (Å²) in [6, 6.07) is 0. The number of nitrogens with zero attached hydrogens (tertiary/aromatic N) is 1. The summed E-state index contributed by atoms with van der Waals surface area (Å²) in [5.41, 5.74) is 0. The molecule has 1 heterocycles. The van der Waals surface area contributed by atoms with Gasteiger partial charge in [-0.25, -0.2) is 0 Å². The fourth-order valence-corrected chi connectivity index (χ4v) is 2.45. The van der Waals surface area contributed by atoms with Crippen LogP contribution in [0.25, 0.3) is 0 Å². The number of allylic oxidation sites excluding steroid dienone is 2. The Hall–Kier alpha value is -0.0900. The van der Waals surface area contributed by atoms with Gasteiger partial charge in [-0.15, -0.1) is 0 Å². The Morgan fingerprint density at radius 3 is 2.42 bits per heavy atom. The minimum absolute atomic E-state index is 0.232. The van der Waals surface area contributed by atoms with E-state index < -0.39 is 0 Å². The number of hydrogen-bond donors (Lipinski definition) is 0. The number of hydrogen-bond acceptors (Lipinski definition) is 1. The lowest BCUT2D eigenvalue weighted by atomic mass is 10.1. The van der Waals surface area contributed by atoms with Gasteiger partial charge in [0.15, 0.2) is 0 Å². The molecule has 0 saturated carbocycles. The molecule has 0 radical (unpaired) electrons. The van der Waals surface area contributed by atoms with Gasteiger partial charge in [-0.3, -0.25) is 4.90 Å². The van der Waals surface area contributed by atoms with Crippen molar-refractivity contribution in [3.63, 3.8) is 0 Å². The second kappa shape index (κ2) is 3.34. The van der Waals surface area contributed by atoms with Gasteiger partial charge in [-0.1, -0.05) is 59.0 Å². The summed E-state index contributed by atoms with van der Waals surface area (Å²) in [5.74, 6) is 0. The minimum atomic E-state index is 0.232. The van der Waals surface area contributed by atoms with Crippen LogP contribution in [0.15, 0.2) is 36.5 Å². The first-order valence-electron chi connectivity index (χ1n) is 4.25. The summed E-state index contributed by atoms with van der Waals surface area (Å²) in [6.45, 7) is 2.20. The fraction of sp³-hybridized carbons (Fsp3) is 0.400. The van der Waals surface area contributed by atoms with Crippen LogP contribution in [0.4, 0.5) is 0 Å². The second-order valence-electron chi connectivity index (χ2n) is 3.19. The average molecular weight is 273 g/mol. The monoisotopic (exact) mass is 273 g/mol. The molecule has 12 heavy (non-hydrogen) atoms. The molecule has 0 N–H and O–H groups in total. The van der Waals surface area contributed by atoms with E-state index in [2.05, 4.69) is 63.9 Å². The fourth-order valence-electron chi connectivity index (χ4n) is 1.60. The Morgan fingerprint density at radius 2 is 1.83 bits per heavy atom. The lowest BCUT2D eigenvalue weighted by molar-refractivity contribution is 0.281. The van der Waals surface area contributed by atoms with Crippen molar-refractivity contribution in [1.82, 2.24) is 4.90 Å². The van der Waals surface area contributed by atoms with Crippen molar-refractivity contribution in [3.05, 3.63) is 36.5 Å². The topological polar surface area (TPSA) is 3.24 Å². The molecule has 0 saturated heterocycles. The summed E-state index contributed by atoms with van der Waals surface area (Å²) in [7, 11) is 0. The molecule has 0 spiro atoms. The summed E-state index contributed by atoms with van der Waals surface area (Å²) < 4.78 is 0.232. The van der Waals surface area contributed by atoms with Crippen molar-refractivity contribution in [1.29, 1.82) is 0 Å². The maximum Gasteiger partial charge on any atom is 0.0958 e. The Morgan fingerprint density at radius 1 is 1.08 bits per heavy atom. The van der Waals surface area contributed by atoms with Gasteiger partial charge in [0.1, 0.15) is 0 Å². The van der Waals surface area contributed by atoms with Crippen LogP contribution >= 0.6 is 22.6 Å². The maximum atomic E-state index is 2.54. The van der Waals surface area contributed by atoms with Crippen LogP contribution in [-0.4, -0.2) is 21.5 Å². The molecule has 0 bridgehead atoms. The molecular formula is C10H12IN. The van der Waals surface area contributed by atoms with Gasteiger partial charge >= 0.3 is 0 Å². The van der Waals surface area contributed by atoms with Crippen molar-refractivity contribution in [2.24, 2.45) is 0 Å². The van der Waals surface area contributed by atoms with Crippen LogP contribution in [0.1, 0.15) is 6.42 Å². The van der Waals surface area contributed by atoms with E-state index in [0.29, 0.717) is 0 Å². The summed E-state index contributed by atoms with van der Waals surface area (Å²) in [4.78, 5) is 2.48. The van der Waals surface area contributed by atoms with E-state index in [0.717, 1.165) is 19.5 Å². The van der Waals surface area contributed by atoms with E-state index in [1.54, 1.807) is 0 Å². The molecule has 1 nitrogen and oxygen atoms in total. The molecule has 0 aromatic carbocycles. The predicted molar refractivity (Wildman–Crippen MR) is 60.4 cm³/mol. The van der Waals surface area contributed by atoms with Gasteiger partial charge in [-0.05, 0) is 6.42 Å². The first-order valence-corrected chi connectivity index (χ1v) is 5.32. The molecule has 0 amide bonds. The number of rotatable bonds is 1. The van der Waals surface area contributed by atoms with Gasteiger partial charge in [-0.2, -0.15) is 0 Å². The average Bonchev–Trinajstić information content (AvgIpc) is 2.58. The van der Waals surface area contributed by atoms with Crippen LogP contribution < -0.4 is 0 Å². The zero-order chi connectivity index (χ0) is 8.44. The molecule has 2 heteroatoms. The van der Waals surface area contributed by atoms with Crippen molar-refractivity contribution < 1.29 is 0 Å². The third-order valence-corrected chi connectivity index (χ3v) is 3.83. The van der Waals surface area contributed by atoms with Crippen LogP contribution in [0.2, 0.25) is 0 Å². The van der Waals surface area contributed by atoms with E-state index in [4.69, 9.17) is 0 Å². The number of halogens is 1. The van der Waals surface area contributed by atoms with Gasteiger partial charge in [0.05, 0.1) is 3.55 Å². The Bertz CT molecular complexity index is 247. The van der Waals surface area contributed by atoms with E-state index in [9.17, 15) is 0 Å². The van der Waals surface area contributed by atoms with Gasteiger partial charge in [0.25, 0.3) is 0 Å². The first-order chi connectivity index (χ1) is 5.81. The molecule has 2 rings (SSSR count). The van der Waals surface area contributed by atoms with E-state index in [1.807, 2.05) is 0 Å². The Kier molecular flexibility index (Phi) is 2.37. The summed E-state index contributed by atoms with van der Waals surface area (Å²) in [5, 5.41) is 0. The second-order valence-corrected chi connectivity index (χ2v) is 5.05. The Balaban J connectivity index is 2.10. The van der Waals surface area contributed by atoms with Crippen molar-refractivity contribution >= 4 is 22.6 Å². The molecule has 1 atom stereocenters. The summed E-state index contributed by atoms with van der Waals surface area (Å²) >= 11 is 2.54. The van der Waals surface area contributed by atoms with Gasteiger partial charge < -0.3 is 0 Å². The highest BCUT2D eigenvalue weighted by atomic mass is 127. The SMILES string of the molecule is IC1(N2CC=CC2)C=CC=CC1. The quantitative estimate of drug-likeness (QED) is 0.307. The highest BCUT2D eigenvalue weighted by molar-refractivity contribution is 14.1. The third-order valence-electron chi connectivity index (χ3n) is 2.35. The highest BCUT2D eigenvalue weighted by Crippen LogP contribution is 2.33. The van der Waals surface area contributed by atoms with E-state index >= 15 is 0 Å². The Labute approximate surface area is 87.0 Å². The molecule has 0 aromatic rings. The molecule has 64 valence electrons. The molecule has 1 aliphatic carbocycles. The standard InChI is InChI=1S/C10H12IN/c11-10(6-2-1-3-7-10)12-8-4-5-9-12/h1-6H,7-9H2. The largest absolute Gasteiger partial charge is 0.278 e. The van der Waals surface area contributed by atoms with Crippen LogP contribution in [0.3, 0.4) is 0 Å². The first kappa shape index (κ1) is 8.51. The summed E-state index contributed by atoms with van der Waals surface area (Å²) in [6.07, 6.45) is 14.4. The van der Waals surface area contributed by atoms with E-state index in [1.165, 1.54) is 0 Å². The lowest BCUT2D eigenvalue weighted by Gasteiger charge is -2.34. The zero-order valence-electron chi connectivity index (χ0n) is 6.91. The lowest BCUT2D eigenvalue weighted by Crippen LogP contribution is -2.40. The molecule has 0 fully saturated rings. The normalized spacial score (nSPS) is 34.8. The molecular weight excluding hydrogens is 261 g/mol. The minimum Gasteiger partial charge on any atom is -0.278 e. The van der Waals surface area contributed by atoms with Crippen LogP contribution in [0, 0.1) is 0 Å².